The number of nitrogens with one attached hydrogen (secondary N) is 1. The molecule has 8 heteroatoms. The molecule has 0 fully saturated rings. The van der Waals surface area contributed by atoms with Crippen LogP contribution in [0.3, 0.4) is 0 Å². The number of H-pyrrole nitrogens is 1. The summed E-state index contributed by atoms with van der Waals surface area (Å²) >= 11 is 5.42. The molecule has 18 heavy (non-hydrogen) atoms. The summed E-state index contributed by atoms with van der Waals surface area (Å²) < 4.78 is 4.86. The number of carboxylic acid groups (broad SMARTS) is 1. The molecule has 2 rings (SSSR count). The Morgan fingerprint density at radius 2 is 2.44 bits per heavy atom. The number of carbonyl (C=O) groups is 2. The number of halogens is 1. The van der Waals surface area contributed by atoms with Crippen LogP contribution in [0.1, 0.15) is 11.4 Å². The summed E-state index contributed by atoms with van der Waals surface area (Å²) in [6, 6.07) is -0.955. The minimum absolute atomic E-state index is 0.0546. The quantitative estimate of drug-likeness (QED) is 0.786. The number of fused-ring (bicyclic) bond motifs is 1. The van der Waals surface area contributed by atoms with E-state index in [4.69, 9.17) is 21.4 Å². The first-order valence-electron chi connectivity index (χ1n) is 5.36. The van der Waals surface area contributed by atoms with Gasteiger partial charge in [0.1, 0.15) is 12.6 Å². The number of nitrogens with zero attached hydrogens (tertiary/aromatic N) is 2. The molecule has 1 atom stereocenters. The normalized spacial score (nSPS) is 18.3. The van der Waals surface area contributed by atoms with Crippen LogP contribution in [0, 0.1) is 0 Å². The molecule has 1 aliphatic rings. The summed E-state index contributed by atoms with van der Waals surface area (Å²) in [5, 5.41) is 9.13. The molecular weight excluding hydrogens is 262 g/mol. The molecule has 2 N–H and O–H groups in total. The fraction of sp³-hybridized carbons (Fsp3) is 0.500. The molecule has 0 saturated carbocycles. The van der Waals surface area contributed by atoms with Crippen LogP contribution >= 0.6 is 11.6 Å². The van der Waals surface area contributed by atoms with Gasteiger partial charge in [-0.2, -0.15) is 0 Å². The minimum atomic E-state index is -1.08. The van der Waals surface area contributed by atoms with Crippen molar-refractivity contribution in [2.24, 2.45) is 0 Å². The van der Waals surface area contributed by atoms with Gasteiger partial charge in [0.25, 0.3) is 0 Å². The lowest BCUT2D eigenvalue weighted by Crippen LogP contribution is -2.49. The number of rotatable bonds is 3. The highest BCUT2D eigenvalue weighted by molar-refractivity contribution is 6.18. The average molecular weight is 274 g/mol. The average Bonchev–Trinajstić information content (AvgIpc) is 2.81. The SMILES string of the molecule is O=C(O)C1Cc2nc[nH]c2CN1C(=O)OCCCl. The van der Waals surface area contributed by atoms with Gasteiger partial charge in [-0.05, 0) is 0 Å². The number of hydrogen-bond donors (Lipinski definition) is 2. The molecular formula is C10H12ClN3O4. The number of alkyl halides is 1. The summed E-state index contributed by atoms with van der Waals surface area (Å²) in [6.07, 6.45) is 0.977. The number of aromatic amines is 1. The summed E-state index contributed by atoms with van der Waals surface area (Å²) in [5.41, 5.74) is 1.40. The van der Waals surface area contributed by atoms with E-state index in [1.807, 2.05) is 0 Å². The van der Waals surface area contributed by atoms with E-state index in [0.717, 1.165) is 10.6 Å². The van der Waals surface area contributed by atoms with Crippen LogP contribution in [0.15, 0.2) is 6.33 Å². The summed E-state index contributed by atoms with van der Waals surface area (Å²) in [4.78, 5) is 31.0. The molecule has 1 amide bonds. The number of ether oxygens (including phenoxy) is 1. The maximum Gasteiger partial charge on any atom is 0.410 e. The zero-order valence-electron chi connectivity index (χ0n) is 9.43. The summed E-state index contributed by atoms with van der Waals surface area (Å²) in [5.74, 6) is -0.904. The number of imidazole rings is 1. The third-order valence-corrected chi connectivity index (χ3v) is 2.88. The Bertz CT molecular complexity index is 462. The minimum Gasteiger partial charge on any atom is -0.480 e. The Hall–Kier alpha value is -1.76. The van der Waals surface area contributed by atoms with Crippen LogP contribution in [0.2, 0.25) is 0 Å². The van der Waals surface area contributed by atoms with E-state index < -0.39 is 18.1 Å². The number of amides is 1. The molecule has 1 aromatic heterocycles. The molecule has 0 aliphatic carbocycles. The molecule has 0 spiro atoms. The molecule has 7 nitrogen and oxygen atoms in total. The van der Waals surface area contributed by atoms with Gasteiger partial charge in [0, 0.05) is 6.42 Å². The second-order valence-corrected chi connectivity index (χ2v) is 4.20. The van der Waals surface area contributed by atoms with Crippen molar-refractivity contribution in [1.82, 2.24) is 14.9 Å². The fourth-order valence-electron chi connectivity index (χ4n) is 1.86. The summed E-state index contributed by atoms with van der Waals surface area (Å²) in [7, 11) is 0. The zero-order chi connectivity index (χ0) is 13.1. The molecule has 2 heterocycles. The van der Waals surface area contributed by atoms with E-state index in [0.29, 0.717) is 5.69 Å². The van der Waals surface area contributed by atoms with Gasteiger partial charge in [0.05, 0.1) is 30.1 Å². The standard InChI is InChI=1S/C10H12ClN3O4/c11-1-2-18-10(17)14-4-7-6(12-5-13-7)3-8(14)9(15)16/h5,8H,1-4H2,(H,12,13)(H,15,16). The molecule has 0 aromatic carbocycles. The second kappa shape index (κ2) is 5.26. The van der Waals surface area contributed by atoms with Crippen molar-refractivity contribution in [1.29, 1.82) is 0 Å². The Balaban J connectivity index is 2.17. The van der Waals surface area contributed by atoms with Gasteiger partial charge < -0.3 is 14.8 Å². The van der Waals surface area contributed by atoms with Gasteiger partial charge in [0.15, 0.2) is 0 Å². The molecule has 0 radical (unpaired) electrons. The first kappa shape index (κ1) is 12.7. The number of carboxylic acids is 1. The Kier molecular flexibility index (Phi) is 3.71. The van der Waals surface area contributed by atoms with Gasteiger partial charge in [-0.15, -0.1) is 11.6 Å². The Morgan fingerprint density at radius 3 is 3.11 bits per heavy atom. The monoisotopic (exact) mass is 273 g/mol. The molecule has 98 valence electrons. The van der Waals surface area contributed by atoms with Gasteiger partial charge in [-0.3, -0.25) is 4.90 Å². The smallest absolute Gasteiger partial charge is 0.410 e. The van der Waals surface area contributed by atoms with Crippen LogP contribution in [-0.2, 0) is 22.5 Å². The lowest BCUT2D eigenvalue weighted by Gasteiger charge is -2.31. The maximum absolute atomic E-state index is 11.8. The predicted molar refractivity (Wildman–Crippen MR) is 61.3 cm³/mol. The third kappa shape index (κ3) is 2.40. The second-order valence-electron chi connectivity index (χ2n) is 3.82. The Labute approximate surface area is 108 Å². The van der Waals surface area contributed by atoms with Gasteiger partial charge >= 0.3 is 12.1 Å². The molecule has 0 bridgehead atoms. The first-order chi connectivity index (χ1) is 8.63. The van der Waals surface area contributed by atoms with Crippen molar-refractivity contribution >= 4 is 23.7 Å². The highest BCUT2D eigenvalue weighted by Crippen LogP contribution is 2.21. The summed E-state index contributed by atoms with van der Waals surface area (Å²) in [6.45, 7) is 0.201. The molecule has 1 unspecified atom stereocenters. The molecule has 1 aliphatic heterocycles. The van der Waals surface area contributed by atoms with E-state index in [9.17, 15) is 9.59 Å². The van der Waals surface area contributed by atoms with Crippen LogP contribution in [0.5, 0.6) is 0 Å². The fourth-order valence-corrected chi connectivity index (χ4v) is 1.93. The lowest BCUT2D eigenvalue weighted by molar-refractivity contribution is -0.143. The van der Waals surface area contributed by atoms with Crippen molar-refractivity contribution in [3.8, 4) is 0 Å². The van der Waals surface area contributed by atoms with Crippen molar-refractivity contribution in [2.45, 2.75) is 19.0 Å². The van der Waals surface area contributed by atoms with Crippen molar-refractivity contribution < 1.29 is 19.4 Å². The number of aliphatic carboxylic acids is 1. The lowest BCUT2D eigenvalue weighted by atomic mass is 10.0. The zero-order valence-corrected chi connectivity index (χ0v) is 10.2. The van der Waals surface area contributed by atoms with E-state index in [2.05, 4.69) is 9.97 Å². The topological polar surface area (TPSA) is 95.5 Å². The van der Waals surface area contributed by atoms with Crippen molar-refractivity contribution in [2.75, 3.05) is 12.5 Å². The van der Waals surface area contributed by atoms with E-state index in [1.165, 1.54) is 6.33 Å². The van der Waals surface area contributed by atoms with Crippen LogP contribution in [-0.4, -0.2) is 50.6 Å². The van der Waals surface area contributed by atoms with Crippen LogP contribution < -0.4 is 0 Å². The first-order valence-corrected chi connectivity index (χ1v) is 5.90. The highest BCUT2D eigenvalue weighted by atomic mass is 35.5. The predicted octanol–water partition coefficient (Wildman–Crippen LogP) is 0.596. The maximum atomic E-state index is 11.8. The largest absolute Gasteiger partial charge is 0.480 e. The molecule has 1 aromatic rings. The van der Waals surface area contributed by atoms with Crippen molar-refractivity contribution in [3.63, 3.8) is 0 Å². The number of aromatic nitrogens is 2. The van der Waals surface area contributed by atoms with Crippen molar-refractivity contribution in [3.05, 3.63) is 17.7 Å². The van der Waals surface area contributed by atoms with Gasteiger partial charge in [-0.25, -0.2) is 14.6 Å². The highest BCUT2D eigenvalue weighted by Gasteiger charge is 2.36. The number of carbonyl (C=O) groups excluding carboxylic acids is 1. The van der Waals surface area contributed by atoms with Gasteiger partial charge in [-0.1, -0.05) is 0 Å². The van der Waals surface area contributed by atoms with Gasteiger partial charge in [0.2, 0.25) is 0 Å². The van der Waals surface area contributed by atoms with E-state index in [1.54, 1.807) is 0 Å². The van der Waals surface area contributed by atoms with E-state index in [-0.39, 0.29) is 25.5 Å². The Morgan fingerprint density at radius 1 is 1.67 bits per heavy atom. The number of hydrogen-bond acceptors (Lipinski definition) is 4. The third-order valence-electron chi connectivity index (χ3n) is 2.72. The molecule has 0 saturated heterocycles. The van der Waals surface area contributed by atoms with E-state index >= 15 is 0 Å². The van der Waals surface area contributed by atoms with Crippen LogP contribution in [0.4, 0.5) is 4.79 Å². The van der Waals surface area contributed by atoms with Crippen LogP contribution in [0.25, 0.3) is 0 Å².